The van der Waals surface area contributed by atoms with Crippen LogP contribution in [0.4, 0.5) is 10.8 Å². The lowest BCUT2D eigenvalue weighted by Crippen LogP contribution is -2.46. The molecule has 1 saturated heterocycles. The van der Waals surface area contributed by atoms with Gasteiger partial charge in [-0.05, 0) is 32.4 Å². The van der Waals surface area contributed by atoms with E-state index in [0.29, 0.717) is 13.2 Å². The summed E-state index contributed by atoms with van der Waals surface area (Å²) in [5.41, 5.74) is 2.04. The summed E-state index contributed by atoms with van der Waals surface area (Å²) < 4.78 is 5.77. The third-order valence-corrected chi connectivity index (χ3v) is 5.78. The molecule has 0 atom stereocenters. The Morgan fingerprint density at radius 1 is 1.15 bits per heavy atom. The molecule has 3 rings (SSSR count). The van der Waals surface area contributed by atoms with Gasteiger partial charge < -0.3 is 19.9 Å². The average Bonchev–Trinajstić information content (AvgIpc) is 3.14. The number of anilines is 2. The molecule has 0 aliphatic carbocycles. The smallest absolute Gasteiger partial charge is 0.263 e. The number of hydrogen-bond donors (Lipinski definition) is 1. The number of thiazole rings is 1. The first-order chi connectivity index (χ1) is 13.2. The zero-order valence-corrected chi connectivity index (χ0v) is 17.1. The van der Waals surface area contributed by atoms with Gasteiger partial charge in [-0.25, -0.2) is 4.98 Å². The molecule has 0 unspecified atom stereocenters. The minimum Gasteiger partial charge on any atom is -0.492 e. The SMILES string of the molecule is CCNC(=O)c1sc(N2CCN(c3ccccc3OCC)CC2)nc1CC. The summed E-state index contributed by atoms with van der Waals surface area (Å²) in [6, 6.07) is 8.21. The highest BCUT2D eigenvalue weighted by Gasteiger charge is 2.24. The number of nitrogens with one attached hydrogen (secondary N) is 1. The van der Waals surface area contributed by atoms with E-state index in [1.54, 1.807) is 0 Å². The fourth-order valence-electron chi connectivity index (χ4n) is 3.27. The zero-order valence-electron chi connectivity index (χ0n) is 16.3. The van der Waals surface area contributed by atoms with Crippen molar-refractivity contribution in [3.05, 3.63) is 34.8 Å². The summed E-state index contributed by atoms with van der Waals surface area (Å²) in [6.45, 7) is 10.9. The third-order valence-electron chi connectivity index (χ3n) is 4.62. The van der Waals surface area contributed by atoms with Gasteiger partial charge in [-0.1, -0.05) is 30.4 Å². The number of aryl methyl sites for hydroxylation is 1. The predicted molar refractivity (Wildman–Crippen MR) is 112 cm³/mol. The lowest BCUT2D eigenvalue weighted by Gasteiger charge is -2.36. The minimum absolute atomic E-state index is 0.0117. The summed E-state index contributed by atoms with van der Waals surface area (Å²) in [6.07, 6.45) is 0.769. The highest BCUT2D eigenvalue weighted by atomic mass is 32.1. The topological polar surface area (TPSA) is 57.7 Å². The number of amides is 1. The van der Waals surface area contributed by atoms with E-state index in [4.69, 9.17) is 9.72 Å². The molecular weight excluding hydrogens is 360 g/mol. The van der Waals surface area contributed by atoms with E-state index in [9.17, 15) is 4.79 Å². The number of para-hydroxylation sites is 2. The van der Waals surface area contributed by atoms with Crippen LogP contribution in [0.2, 0.25) is 0 Å². The van der Waals surface area contributed by atoms with Gasteiger partial charge in [0.05, 0.1) is 18.0 Å². The first kappa shape index (κ1) is 19.5. The summed E-state index contributed by atoms with van der Waals surface area (Å²) >= 11 is 1.51. The number of benzene rings is 1. The maximum Gasteiger partial charge on any atom is 0.263 e. The predicted octanol–water partition coefficient (Wildman–Crippen LogP) is 3.18. The fraction of sp³-hybridized carbons (Fsp3) is 0.500. The van der Waals surface area contributed by atoms with Crippen molar-refractivity contribution in [3.8, 4) is 5.75 Å². The molecule has 0 saturated carbocycles. The number of ether oxygens (including phenoxy) is 1. The van der Waals surface area contributed by atoms with Gasteiger partial charge >= 0.3 is 0 Å². The Morgan fingerprint density at radius 3 is 2.52 bits per heavy atom. The summed E-state index contributed by atoms with van der Waals surface area (Å²) in [5, 5.41) is 3.84. The number of piperazine rings is 1. The van der Waals surface area contributed by atoms with E-state index in [-0.39, 0.29) is 5.91 Å². The van der Waals surface area contributed by atoms with Crippen molar-refractivity contribution < 1.29 is 9.53 Å². The van der Waals surface area contributed by atoms with E-state index in [1.807, 2.05) is 32.9 Å². The van der Waals surface area contributed by atoms with Crippen LogP contribution in [0.25, 0.3) is 0 Å². The largest absolute Gasteiger partial charge is 0.492 e. The van der Waals surface area contributed by atoms with Gasteiger partial charge in [0.1, 0.15) is 10.6 Å². The van der Waals surface area contributed by atoms with Crippen LogP contribution in [-0.2, 0) is 6.42 Å². The van der Waals surface area contributed by atoms with Crippen LogP contribution in [0.3, 0.4) is 0 Å². The molecule has 1 amide bonds. The van der Waals surface area contributed by atoms with Crippen LogP contribution in [0.15, 0.2) is 24.3 Å². The van der Waals surface area contributed by atoms with Crippen LogP contribution < -0.4 is 19.9 Å². The number of carbonyl (C=O) groups excluding carboxylic acids is 1. The van der Waals surface area contributed by atoms with Crippen molar-refractivity contribution >= 4 is 28.1 Å². The van der Waals surface area contributed by atoms with Crippen LogP contribution in [0, 0.1) is 0 Å². The molecule has 0 radical (unpaired) electrons. The maximum absolute atomic E-state index is 12.3. The normalized spacial score (nSPS) is 14.3. The number of nitrogens with zero attached hydrogens (tertiary/aromatic N) is 3. The molecule has 0 spiro atoms. The highest BCUT2D eigenvalue weighted by Crippen LogP contribution is 2.31. The Bertz CT molecular complexity index is 769. The van der Waals surface area contributed by atoms with Crippen molar-refractivity contribution in [1.82, 2.24) is 10.3 Å². The molecule has 1 aliphatic heterocycles. The van der Waals surface area contributed by atoms with Gasteiger partial charge in [-0.3, -0.25) is 4.79 Å². The Kier molecular flexibility index (Phi) is 6.55. The van der Waals surface area contributed by atoms with Gasteiger partial charge in [0.2, 0.25) is 0 Å². The number of aromatic nitrogens is 1. The first-order valence-corrected chi connectivity index (χ1v) is 10.5. The van der Waals surface area contributed by atoms with E-state index in [0.717, 1.165) is 59.7 Å². The van der Waals surface area contributed by atoms with Crippen LogP contribution >= 0.6 is 11.3 Å². The molecule has 1 N–H and O–H groups in total. The van der Waals surface area contributed by atoms with E-state index < -0.39 is 0 Å². The number of hydrogen-bond acceptors (Lipinski definition) is 6. The van der Waals surface area contributed by atoms with Gasteiger partial charge in [0, 0.05) is 32.7 Å². The lowest BCUT2D eigenvalue weighted by atomic mass is 10.2. The van der Waals surface area contributed by atoms with Crippen molar-refractivity contribution in [3.63, 3.8) is 0 Å². The van der Waals surface area contributed by atoms with Crippen LogP contribution in [0.5, 0.6) is 5.75 Å². The third kappa shape index (κ3) is 4.35. The minimum atomic E-state index is -0.0117. The van der Waals surface area contributed by atoms with E-state index in [2.05, 4.69) is 27.2 Å². The Balaban J connectivity index is 1.70. The molecular formula is C20H28N4O2S. The Labute approximate surface area is 165 Å². The number of carbonyl (C=O) groups is 1. The lowest BCUT2D eigenvalue weighted by molar-refractivity contribution is 0.0959. The molecule has 1 fully saturated rings. The zero-order chi connectivity index (χ0) is 19.2. The molecule has 0 bridgehead atoms. The standard InChI is InChI=1S/C20H28N4O2S/c1-4-15-18(19(25)21-5-2)27-20(22-15)24-13-11-23(12-14-24)16-9-7-8-10-17(16)26-6-3/h7-10H,4-6,11-14H2,1-3H3,(H,21,25). The van der Waals surface area contributed by atoms with Gasteiger partial charge in [-0.15, -0.1) is 0 Å². The van der Waals surface area contributed by atoms with E-state index in [1.165, 1.54) is 11.3 Å². The Hall–Kier alpha value is -2.28. The van der Waals surface area contributed by atoms with Crippen molar-refractivity contribution in [2.24, 2.45) is 0 Å². The molecule has 1 aromatic carbocycles. The molecule has 146 valence electrons. The second-order valence-electron chi connectivity index (χ2n) is 6.36. The average molecular weight is 389 g/mol. The second kappa shape index (κ2) is 9.08. The second-order valence-corrected chi connectivity index (χ2v) is 7.34. The molecule has 1 aromatic heterocycles. The van der Waals surface area contributed by atoms with Gasteiger partial charge in [0.25, 0.3) is 5.91 Å². The monoisotopic (exact) mass is 388 g/mol. The van der Waals surface area contributed by atoms with Crippen molar-refractivity contribution in [1.29, 1.82) is 0 Å². The van der Waals surface area contributed by atoms with Crippen molar-refractivity contribution in [2.75, 3.05) is 49.1 Å². The summed E-state index contributed by atoms with van der Waals surface area (Å²) in [4.78, 5) is 22.4. The Morgan fingerprint density at radius 2 is 1.85 bits per heavy atom. The molecule has 7 heteroatoms. The highest BCUT2D eigenvalue weighted by molar-refractivity contribution is 7.17. The molecule has 6 nitrogen and oxygen atoms in total. The molecule has 1 aliphatic rings. The van der Waals surface area contributed by atoms with E-state index >= 15 is 0 Å². The van der Waals surface area contributed by atoms with Gasteiger partial charge in [-0.2, -0.15) is 0 Å². The van der Waals surface area contributed by atoms with Crippen LogP contribution in [-0.4, -0.2) is 50.2 Å². The molecule has 2 heterocycles. The summed E-state index contributed by atoms with van der Waals surface area (Å²) in [7, 11) is 0. The fourth-order valence-corrected chi connectivity index (χ4v) is 4.39. The van der Waals surface area contributed by atoms with Crippen LogP contribution in [0.1, 0.15) is 36.1 Å². The molecule has 27 heavy (non-hydrogen) atoms. The quantitative estimate of drug-likeness (QED) is 0.789. The number of rotatable bonds is 7. The first-order valence-electron chi connectivity index (χ1n) is 9.67. The van der Waals surface area contributed by atoms with Gasteiger partial charge in [0.15, 0.2) is 5.13 Å². The van der Waals surface area contributed by atoms with Crippen molar-refractivity contribution in [2.45, 2.75) is 27.2 Å². The molecule has 2 aromatic rings. The summed E-state index contributed by atoms with van der Waals surface area (Å²) in [5.74, 6) is 0.928. The maximum atomic E-state index is 12.3.